The minimum Gasteiger partial charge on any atom is -0.322 e. The average molecular weight is 461 g/mol. The fraction of sp³-hybridized carbons (Fsp3) is 0.136. The molecule has 1 aliphatic rings. The second-order valence-corrected chi connectivity index (χ2v) is 9.98. The van der Waals surface area contributed by atoms with Crippen LogP contribution in [0.1, 0.15) is 21.5 Å². The van der Waals surface area contributed by atoms with Crippen LogP contribution in [-0.4, -0.2) is 20.6 Å². The van der Waals surface area contributed by atoms with E-state index in [9.17, 15) is 13.2 Å². The van der Waals surface area contributed by atoms with Crippen LogP contribution in [0.15, 0.2) is 59.5 Å². The van der Waals surface area contributed by atoms with Crippen LogP contribution in [0.25, 0.3) is 11.1 Å². The second kappa shape index (κ2) is 8.04. The third-order valence-electron chi connectivity index (χ3n) is 4.99. The van der Waals surface area contributed by atoms with Crippen molar-refractivity contribution in [1.29, 1.82) is 0 Å². The maximum atomic E-state index is 12.7. The zero-order valence-corrected chi connectivity index (χ0v) is 18.3. The Hall–Kier alpha value is -2.38. The molecule has 1 aliphatic heterocycles. The van der Waals surface area contributed by atoms with Crippen molar-refractivity contribution in [3.05, 3.63) is 81.3 Å². The summed E-state index contributed by atoms with van der Waals surface area (Å²) in [4.78, 5) is 12.8. The Morgan fingerprint density at radius 2 is 1.70 bits per heavy atom. The molecule has 2 N–H and O–H groups in total. The Labute approximate surface area is 184 Å². The number of benzene rings is 3. The molecule has 0 saturated carbocycles. The number of fused-ring (bicyclic) bond motifs is 1. The lowest BCUT2D eigenvalue weighted by atomic mass is 10.00. The van der Waals surface area contributed by atoms with Crippen LogP contribution in [0.2, 0.25) is 10.0 Å². The van der Waals surface area contributed by atoms with E-state index in [1.165, 1.54) is 29.3 Å². The molecule has 0 aromatic heterocycles. The highest BCUT2D eigenvalue weighted by molar-refractivity contribution is 7.90. The lowest BCUT2D eigenvalue weighted by Gasteiger charge is -2.12. The summed E-state index contributed by atoms with van der Waals surface area (Å²) in [5, 5.41) is 6.76. The molecule has 0 radical (unpaired) electrons. The molecule has 0 atom stereocenters. The Morgan fingerprint density at radius 1 is 0.933 bits per heavy atom. The number of halogens is 2. The van der Waals surface area contributed by atoms with Crippen molar-refractivity contribution in [2.45, 2.75) is 18.0 Å². The minimum absolute atomic E-state index is 0.0592. The van der Waals surface area contributed by atoms with Crippen molar-refractivity contribution in [3.8, 4) is 11.1 Å². The molecule has 0 aliphatic carbocycles. The Balaban J connectivity index is 1.61. The van der Waals surface area contributed by atoms with Gasteiger partial charge in [0, 0.05) is 35.6 Å². The first-order valence-corrected chi connectivity index (χ1v) is 11.8. The maximum Gasteiger partial charge on any atom is 0.257 e. The number of rotatable bonds is 4. The molecule has 0 fully saturated rings. The first-order chi connectivity index (χ1) is 14.2. The van der Waals surface area contributed by atoms with E-state index in [0.29, 0.717) is 10.7 Å². The highest BCUT2D eigenvalue weighted by Crippen LogP contribution is 2.33. The van der Waals surface area contributed by atoms with Crippen LogP contribution in [0.5, 0.6) is 0 Å². The zero-order valence-electron chi connectivity index (χ0n) is 16.0. The van der Waals surface area contributed by atoms with Gasteiger partial charge in [-0.2, -0.15) is 0 Å². The second-order valence-electron chi connectivity index (χ2n) is 7.15. The first kappa shape index (κ1) is 20.9. The first-order valence-electron chi connectivity index (χ1n) is 9.16. The molecule has 1 amide bonds. The third-order valence-corrected chi connectivity index (χ3v) is 6.74. The van der Waals surface area contributed by atoms with Crippen molar-refractivity contribution in [3.63, 3.8) is 0 Å². The molecule has 5 nitrogen and oxygen atoms in total. The molecule has 1 heterocycles. The van der Waals surface area contributed by atoms with Gasteiger partial charge in [-0.05, 0) is 59.2 Å². The van der Waals surface area contributed by atoms with Gasteiger partial charge in [-0.15, -0.1) is 0 Å². The quantitative estimate of drug-likeness (QED) is 0.579. The van der Waals surface area contributed by atoms with E-state index in [4.69, 9.17) is 23.2 Å². The van der Waals surface area contributed by atoms with Crippen LogP contribution in [0.4, 0.5) is 5.69 Å². The van der Waals surface area contributed by atoms with Crippen LogP contribution in [0.3, 0.4) is 0 Å². The van der Waals surface area contributed by atoms with Crippen molar-refractivity contribution in [1.82, 2.24) is 5.32 Å². The molecule has 0 bridgehead atoms. The fourth-order valence-corrected chi connectivity index (χ4v) is 4.60. The Bertz CT molecular complexity index is 1270. The van der Waals surface area contributed by atoms with Gasteiger partial charge in [0.15, 0.2) is 9.84 Å². The van der Waals surface area contributed by atoms with Gasteiger partial charge < -0.3 is 10.6 Å². The smallest absolute Gasteiger partial charge is 0.257 e. The van der Waals surface area contributed by atoms with Gasteiger partial charge in [0.1, 0.15) is 0 Å². The highest BCUT2D eigenvalue weighted by Gasteiger charge is 2.16. The van der Waals surface area contributed by atoms with E-state index < -0.39 is 15.7 Å². The van der Waals surface area contributed by atoms with Crippen LogP contribution < -0.4 is 10.6 Å². The molecule has 0 spiro atoms. The Morgan fingerprint density at radius 3 is 2.43 bits per heavy atom. The number of hydrogen-bond donors (Lipinski definition) is 2. The standard InChI is InChI=1S/C22H18Cl2N2O3S/c1-30(28,29)17-5-6-18(21(24)10-17)22(27)26-16-4-7-20(23)19(9-16)13-2-3-14-11-25-12-15(14)8-13/h2-10,25H,11-12H2,1H3,(H,26,27). The summed E-state index contributed by atoms with van der Waals surface area (Å²) in [6, 6.07) is 15.5. The summed E-state index contributed by atoms with van der Waals surface area (Å²) < 4.78 is 23.3. The SMILES string of the molecule is CS(=O)(=O)c1ccc(C(=O)Nc2ccc(Cl)c(-c3ccc4c(c3)CNC4)c2)c(Cl)c1. The zero-order chi connectivity index (χ0) is 21.5. The molecule has 3 aromatic rings. The number of amides is 1. The molecule has 8 heteroatoms. The molecule has 154 valence electrons. The minimum atomic E-state index is -3.41. The van der Waals surface area contributed by atoms with E-state index in [-0.39, 0.29) is 15.5 Å². The summed E-state index contributed by atoms with van der Waals surface area (Å²) >= 11 is 12.6. The van der Waals surface area contributed by atoms with Crippen LogP contribution >= 0.6 is 23.2 Å². The van der Waals surface area contributed by atoms with Crippen molar-refractivity contribution < 1.29 is 13.2 Å². The predicted molar refractivity (Wildman–Crippen MR) is 120 cm³/mol. The van der Waals surface area contributed by atoms with Gasteiger partial charge in [0.05, 0.1) is 15.5 Å². The number of anilines is 1. The normalized spacial score (nSPS) is 13.2. The summed E-state index contributed by atoms with van der Waals surface area (Å²) in [5.74, 6) is -0.438. The molecular formula is C22H18Cl2N2O3S. The number of carbonyl (C=O) groups is 1. The number of nitrogens with one attached hydrogen (secondary N) is 2. The lowest BCUT2D eigenvalue weighted by molar-refractivity contribution is 0.102. The topological polar surface area (TPSA) is 75.3 Å². The fourth-order valence-electron chi connectivity index (χ4n) is 3.40. The van der Waals surface area contributed by atoms with Crippen LogP contribution in [0, 0.1) is 0 Å². The average Bonchev–Trinajstić information content (AvgIpc) is 3.16. The van der Waals surface area contributed by atoms with Gasteiger partial charge in [0.2, 0.25) is 0 Å². The van der Waals surface area contributed by atoms with Gasteiger partial charge in [-0.1, -0.05) is 35.3 Å². The number of sulfone groups is 1. The number of hydrogen-bond acceptors (Lipinski definition) is 4. The van der Waals surface area contributed by atoms with E-state index in [2.05, 4.69) is 22.8 Å². The molecule has 0 unspecified atom stereocenters. The van der Waals surface area contributed by atoms with Crippen molar-refractivity contribution in [2.75, 3.05) is 11.6 Å². The maximum absolute atomic E-state index is 12.7. The van der Waals surface area contributed by atoms with Gasteiger partial charge in [-0.25, -0.2) is 8.42 Å². The van der Waals surface area contributed by atoms with Crippen molar-refractivity contribution in [2.24, 2.45) is 0 Å². The molecule has 3 aromatic carbocycles. The van der Waals surface area contributed by atoms with Crippen LogP contribution in [-0.2, 0) is 22.9 Å². The molecular weight excluding hydrogens is 443 g/mol. The molecule has 4 rings (SSSR count). The van der Waals surface area contributed by atoms with E-state index in [0.717, 1.165) is 30.5 Å². The largest absolute Gasteiger partial charge is 0.322 e. The summed E-state index contributed by atoms with van der Waals surface area (Å²) in [6.45, 7) is 1.68. The van der Waals surface area contributed by atoms with E-state index in [1.807, 2.05) is 12.1 Å². The van der Waals surface area contributed by atoms with E-state index >= 15 is 0 Å². The Kier molecular flexibility index (Phi) is 5.59. The van der Waals surface area contributed by atoms with Gasteiger partial charge in [0.25, 0.3) is 5.91 Å². The summed E-state index contributed by atoms with van der Waals surface area (Å²) in [6.07, 6.45) is 1.09. The van der Waals surface area contributed by atoms with Gasteiger partial charge >= 0.3 is 0 Å². The number of carbonyl (C=O) groups excluding carboxylic acids is 1. The van der Waals surface area contributed by atoms with Crippen molar-refractivity contribution >= 4 is 44.6 Å². The van der Waals surface area contributed by atoms with Gasteiger partial charge in [-0.3, -0.25) is 4.79 Å². The molecule has 30 heavy (non-hydrogen) atoms. The third kappa shape index (κ3) is 4.23. The summed E-state index contributed by atoms with van der Waals surface area (Å²) in [7, 11) is -3.41. The lowest BCUT2D eigenvalue weighted by Crippen LogP contribution is -2.13. The van der Waals surface area contributed by atoms with E-state index in [1.54, 1.807) is 12.1 Å². The molecule has 0 saturated heterocycles. The summed E-state index contributed by atoms with van der Waals surface area (Å²) in [5.41, 5.74) is 5.02. The monoisotopic (exact) mass is 460 g/mol. The predicted octanol–water partition coefficient (Wildman–Crippen LogP) is 4.92. The highest BCUT2D eigenvalue weighted by atomic mass is 35.5.